The zero-order chi connectivity index (χ0) is 29.1. The lowest BCUT2D eigenvalue weighted by Gasteiger charge is -2.46. The molecule has 3 unspecified atom stereocenters. The molecule has 0 bridgehead atoms. The maximum Gasteiger partial charge on any atom is 0.255 e. The third-order valence-electron chi connectivity index (χ3n) is 8.54. The van der Waals surface area contributed by atoms with E-state index in [2.05, 4.69) is 44.8 Å². The summed E-state index contributed by atoms with van der Waals surface area (Å²) in [7, 11) is 0. The largest absolute Gasteiger partial charge is 0.492 e. The standard InChI is InChI=1S/C28H35N9O4/c1-14-9-15(11-31-10-14)23(39)32-12-18-21-28(36-25(29)35-21)22(38)19(13-37(28)26(30)34-18)33-24(40)16-5-4-6-17-20(16)41-8-7-27(17,2)3/h4-6,9-11,18-19,21-22,38H,7-8,12-13H2,1-3H3,(H2,30,34)(H,32,39)(H,33,40)(H3,29,35,36)/t18-,19?,21?,22+,28?/m0/s1. The quantitative estimate of drug-likeness (QED) is 0.275. The molecule has 6 rings (SSSR count). The van der Waals surface area contributed by atoms with Gasteiger partial charge in [0.15, 0.2) is 17.6 Å². The van der Waals surface area contributed by atoms with Gasteiger partial charge in [-0.1, -0.05) is 26.0 Å². The van der Waals surface area contributed by atoms with E-state index in [4.69, 9.17) is 16.2 Å². The van der Waals surface area contributed by atoms with Gasteiger partial charge < -0.3 is 42.2 Å². The van der Waals surface area contributed by atoms with Gasteiger partial charge in [-0.25, -0.2) is 9.98 Å². The number of carbonyl (C=O) groups excluding carboxylic acids is 2. The molecule has 0 saturated carbocycles. The number of guanidine groups is 2. The molecule has 4 aliphatic rings. The number of carbonyl (C=O) groups is 2. The molecule has 4 aliphatic heterocycles. The van der Waals surface area contributed by atoms with E-state index in [1.807, 2.05) is 19.1 Å². The van der Waals surface area contributed by atoms with Crippen LogP contribution in [0.2, 0.25) is 0 Å². The van der Waals surface area contributed by atoms with Crippen LogP contribution in [0.1, 0.15) is 52.1 Å². The van der Waals surface area contributed by atoms with E-state index < -0.39 is 29.9 Å². The normalized spacial score (nSPS) is 29.1. The molecule has 5 heterocycles. The summed E-state index contributed by atoms with van der Waals surface area (Å²) in [5.74, 6) is 0.142. The van der Waals surface area contributed by atoms with Crippen molar-refractivity contribution in [2.45, 2.75) is 62.5 Å². The number of aromatic nitrogens is 1. The highest BCUT2D eigenvalue weighted by Crippen LogP contribution is 2.42. The highest BCUT2D eigenvalue weighted by atomic mass is 16.5. The molecule has 0 aliphatic carbocycles. The fraction of sp³-hybridized carbons (Fsp3) is 0.464. The Hall–Kier alpha value is -4.39. The Kier molecular flexibility index (Phi) is 6.29. The van der Waals surface area contributed by atoms with Crippen LogP contribution in [-0.2, 0) is 5.41 Å². The summed E-state index contributed by atoms with van der Waals surface area (Å²) in [6.07, 6.45) is 2.84. The van der Waals surface area contributed by atoms with Gasteiger partial charge >= 0.3 is 0 Å². The number of benzene rings is 1. The Morgan fingerprint density at radius 1 is 1.22 bits per heavy atom. The number of aryl methyl sites for hydroxylation is 1. The second kappa shape index (κ2) is 9.61. The molecular weight excluding hydrogens is 526 g/mol. The number of fused-ring (bicyclic) bond motifs is 1. The van der Waals surface area contributed by atoms with E-state index in [0.29, 0.717) is 23.5 Å². The third-order valence-corrected chi connectivity index (χ3v) is 8.54. The second-order valence-corrected chi connectivity index (χ2v) is 11.7. The van der Waals surface area contributed by atoms with Crippen LogP contribution in [0, 0.1) is 6.92 Å². The summed E-state index contributed by atoms with van der Waals surface area (Å²) in [6.45, 7) is 6.89. The predicted molar refractivity (Wildman–Crippen MR) is 152 cm³/mol. The smallest absolute Gasteiger partial charge is 0.255 e. The number of amides is 2. The molecule has 0 radical (unpaired) electrons. The Labute approximate surface area is 237 Å². The van der Waals surface area contributed by atoms with Gasteiger partial charge in [0.25, 0.3) is 11.8 Å². The summed E-state index contributed by atoms with van der Waals surface area (Å²) in [4.78, 5) is 41.3. The topological polar surface area (TPSA) is 193 Å². The van der Waals surface area contributed by atoms with Crippen molar-refractivity contribution in [3.8, 4) is 5.75 Å². The van der Waals surface area contributed by atoms with Crippen LogP contribution in [-0.4, -0.2) is 88.3 Å². The number of aliphatic imine (C=N–C) groups is 2. The van der Waals surface area contributed by atoms with Gasteiger partial charge in [-0.3, -0.25) is 14.6 Å². The predicted octanol–water partition coefficient (Wildman–Crippen LogP) is -0.665. The first-order chi connectivity index (χ1) is 19.5. The number of nitrogens with two attached hydrogens (primary N) is 2. The lowest BCUT2D eigenvalue weighted by molar-refractivity contribution is 0.0143. The second-order valence-electron chi connectivity index (χ2n) is 11.7. The number of para-hydroxylation sites is 1. The van der Waals surface area contributed by atoms with Crippen molar-refractivity contribution in [1.29, 1.82) is 0 Å². The fourth-order valence-electron chi connectivity index (χ4n) is 6.38. The van der Waals surface area contributed by atoms with E-state index in [1.54, 1.807) is 23.2 Å². The summed E-state index contributed by atoms with van der Waals surface area (Å²) in [5.41, 5.74) is 13.8. The van der Waals surface area contributed by atoms with Crippen molar-refractivity contribution < 1.29 is 19.4 Å². The highest BCUT2D eigenvalue weighted by Gasteiger charge is 2.65. The van der Waals surface area contributed by atoms with Crippen molar-refractivity contribution in [2.75, 3.05) is 19.7 Å². The minimum atomic E-state index is -1.25. The highest BCUT2D eigenvalue weighted by molar-refractivity contribution is 5.98. The maximum atomic E-state index is 13.6. The van der Waals surface area contributed by atoms with E-state index in [1.165, 1.54) is 6.20 Å². The van der Waals surface area contributed by atoms with Gasteiger partial charge in [0.05, 0.1) is 29.8 Å². The average Bonchev–Trinajstić information content (AvgIpc) is 3.43. The molecule has 216 valence electrons. The van der Waals surface area contributed by atoms with Gasteiger partial charge in [-0.2, -0.15) is 0 Å². The van der Waals surface area contributed by atoms with Crippen LogP contribution in [0.3, 0.4) is 0 Å². The number of aliphatic hydroxyl groups is 1. The van der Waals surface area contributed by atoms with Crippen LogP contribution in [0.15, 0.2) is 46.6 Å². The molecule has 5 atom stereocenters. The molecule has 2 aromatic rings. The number of nitrogens with zero attached hydrogens (tertiary/aromatic N) is 4. The Morgan fingerprint density at radius 3 is 2.80 bits per heavy atom. The first-order valence-electron chi connectivity index (χ1n) is 13.7. The first kappa shape index (κ1) is 26.8. The fourth-order valence-corrected chi connectivity index (χ4v) is 6.38. The third kappa shape index (κ3) is 4.31. The molecule has 1 spiro atoms. The van der Waals surface area contributed by atoms with E-state index in [0.717, 1.165) is 17.5 Å². The summed E-state index contributed by atoms with van der Waals surface area (Å²) in [6, 6.07) is 5.24. The monoisotopic (exact) mass is 561 g/mol. The van der Waals surface area contributed by atoms with Gasteiger partial charge in [0.2, 0.25) is 0 Å². The number of nitrogens with one attached hydrogen (secondary N) is 3. The maximum absolute atomic E-state index is 13.6. The summed E-state index contributed by atoms with van der Waals surface area (Å²) < 4.78 is 5.94. The molecule has 2 amide bonds. The minimum absolute atomic E-state index is 0.0964. The van der Waals surface area contributed by atoms with Crippen LogP contribution >= 0.6 is 0 Å². The van der Waals surface area contributed by atoms with Gasteiger partial charge in [0.1, 0.15) is 17.9 Å². The van der Waals surface area contributed by atoms with Crippen LogP contribution in [0.4, 0.5) is 0 Å². The Bertz CT molecular complexity index is 1470. The molecule has 13 heteroatoms. The molecular formula is C28H35N9O4. The number of aliphatic hydroxyl groups excluding tert-OH is 1. The number of ether oxygens (including phenoxy) is 1. The van der Waals surface area contributed by atoms with Gasteiger partial charge in [0, 0.05) is 31.0 Å². The van der Waals surface area contributed by atoms with Crippen LogP contribution in [0.5, 0.6) is 5.75 Å². The van der Waals surface area contributed by atoms with Gasteiger partial charge in [-0.05, 0) is 36.5 Å². The van der Waals surface area contributed by atoms with Crippen LogP contribution in [0.25, 0.3) is 0 Å². The summed E-state index contributed by atoms with van der Waals surface area (Å²) in [5, 5.41) is 20.7. The van der Waals surface area contributed by atoms with E-state index in [9.17, 15) is 14.7 Å². The van der Waals surface area contributed by atoms with Gasteiger partial charge in [-0.15, -0.1) is 0 Å². The molecule has 1 aromatic heterocycles. The number of hydrogen-bond donors (Lipinski definition) is 6. The zero-order valence-corrected chi connectivity index (χ0v) is 23.2. The molecule has 41 heavy (non-hydrogen) atoms. The molecule has 13 nitrogen and oxygen atoms in total. The summed E-state index contributed by atoms with van der Waals surface area (Å²) >= 11 is 0. The first-order valence-corrected chi connectivity index (χ1v) is 13.7. The molecule has 1 aromatic carbocycles. The number of pyridine rings is 1. The SMILES string of the molecule is Cc1cncc(C(=O)NC[C@@H]2N=C(N)N3CC(NC(=O)c4cccc5c4OCCC5(C)C)[C@@H](O)C34NC(N)=NC24)c1. The van der Waals surface area contributed by atoms with E-state index in [-0.39, 0.29) is 42.2 Å². The van der Waals surface area contributed by atoms with Crippen molar-refractivity contribution in [3.05, 3.63) is 58.9 Å². The Balaban J connectivity index is 1.23. The number of hydrogen-bond acceptors (Lipinski definition) is 11. The minimum Gasteiger partial charge on any atom is -0.492 e. The molecule has 1 saturated heterocycles. The average molecular weight is 562 g/mol. The Morgan fingerprint density at radius 2 is 2.02 bits per heavy atom. The van der Waals surface area contributed by atoms with Crippen molar-refractivity contribution in [3.63, 3.8) is 0 Å². The number of rotatable bonds is 5. The molecule has 1 fully saturated rings. The molecule has 8 N–H and O–H groups in total. The zero-order valence-electron chi connectivity index (χ0n) is 23.2. The lowest BCUT2D eigenvalue weighted by atomic mass is 9.79. The van der Waals surface area contributed by atoms with Crippen LogP contribution < -0.4 is 32.2 Å². The lowest BCUT2D eigenvalue weighted by Crippen LogP contribution is -2.73. The van der Waals surface area contributed by atoms with Crippen molar-refractivity contribution >= 4 is 23.7 Å². The van der Waals surface area contributed by atoms with Crippen molar-refractivity contribution in [1.82, 2.24) is 25.8 Å². The van der Waals surface area contributed by atoms with E-state index >= 15 is 0 Å². The van der Waals surface area contributed by atoms with Crippen molar-refractivity contribution in [2.24, 2.45) is 21.5 Å².